The van der Waals surface area contributed by atoms with Gasteiger partial charge < -0.3 is 5.11 Å². The van der Waals surface area contributed by atoms with Crippen LogP contribution < -0.4 is 0 Å². The fraction of sp³-hybridized carbons (Fsp3) is 0.250. The maximum atomic E-state index is 13.6. The molecule has 5 nitrogen and oxygen atoms in total. The molecule has 1 heterocycles. The number of hydrogen-bond acceptors (Lipinski definition) is 3. The van der Waals surface area contributed by atoms with Crippen LogP contribution in [0, 0.1) is 5.82 Å². The molecule has 0 saturated carbocycles. The van der Waals surface area contributed by atoms with Gasteiger partial charge in [-0.25, -0.2) is 13.9 Å². The van der Waals surface area contributed by atoms with Crippen molar-refractivity contribution in [2.24, 2.45) is 0 Å². The molecule has 19 heavy (non-hydrogen) atoms. The average Bonchev–Trinajstić information content (AvgIpc) is 2.76. The van der Waals surface area contributed by atoms with Crippen molar-refractivity contribution in [1.29, 1.82) is 0 Å². The third kappa shape index (κ3) is 2.73. The van der Waals surface area contributed by atoms with E-state index in [2.05, 4.69) is 10.3 Å². The van der Waals surface area contributed by atoms with Crippen molar-refractivity contribution in [2.75, 3.05) is 0 Å². The Morgan fingerprint density at radius 3 is 2.89 bits per heavy atom. The summed E-state index contributed by atoms with van der Waals surface area (Å²) >= 11 is 5.81. The zero-order chi connectivity index (χ0) is 14.0. The van der Waals surface area contributed by atoms with Crippen molar-refractivity contribution >= 4 is 17.6 Å². The Balaban J connectivity index is 2.38. The van der Waals surface area contributed by atoms with Crippen LogP contribution >= 0.6 is 11.6 Å². The fourth-order valence-electron chi connectivity index (χ4n) is 1.80. The van der Waals surface area contributed by atoms with Gasteiger partial charge in [0, 0.05) is 10.6 Å². The zero-order valence-electron chi connectivity index (χ0n) is 10.1. The Morgan fingerprint density at radius 2 is 2.26 bits per heavy atom. The lowest BCUT2D eigenvalue weighted by molar-refractivity contribution is 0.0689. The van der Waals surface area contributed by atoms with E-state index in [0.29, 0.717) is 22.7 Å². The van der Waals surface area contributed by atoms with Crippen molar-refractivity contribution in [3.8, 4) is 0 Å². The van der Waals surface area contributed by atoms with Gasteiger partial charge in [0.05, 0.1) is 12.2 Å². The molecule has 0 radical (unpaired) electrons. The van der Waals surface area contributed by atoms with Gasteiger partial charge in [0.25, 0.3) is 0 Å². The summed E-state index contributed by atoms with van der Waals surface area (Å²) in [5.74, 6) is -1.56. The first-order valence-electron chi connectivity index (χ1n) is 5.62. The monoisotopic (exact) mass is 283 g/mol. The molecule has 7 heteroatoms. The van der Waals surface area contributed by atoms with Crippen LogP contribution in [-0.4, -0.2) is 26.1 Å². The number of carbonyl (C=O) groups is 1. The molecule has 0 amide bonds. The lowest BCUT2D eigenvalue weighted by Crippen LogP contribution is -2.09. The van der Waals surface area contributed by atoms with Crippen molar-refractivity contribution in [1.82, 2.24) is 15.0 Å². The van der Waals surface area contributed by atoms with Gasteiger partial charge in [-0.1, -0.05) is 23.7 Å². The normalized spacial score (nSPS) is 10.7. The van der Waals surface area contributed by atoms with E-state index in [1.54, 1.807) is 6.92 Å². The SMILES string of the molecule is CCc1c(C(=O)O)nnn1Cc1cc(Cl)ccc1F. The molecular formula is C12H11ClFN3O2. The van der Waals surface area contributed by atoms with Crippen LogP contribution in [0.2, 0.25) is 5.02 Å². The number of nitrogens with zero attached hydrogens (tertiary/aromatic N) is 3. The first kappa shape index (κ1) is 13.5. The summed E-state index contributed by atoms with van der Waals surface area (Å²) in [4.78, 5) is 11.0. The Hall–Kier alpha value is -1.95. The van der Waals surface area contributed by atoms with Gasteiger partial charge in [0.15, 0.2) is 5.69 Å². The minimum absolute atomic E-state index is 0.0931. The second-order valence-electron chi connectivity index (χ2n) is 3.94. The predicted molar refractivity (Wildman–Crippen MR) is 66.9 cm³/mol. The minimum atomic E-state index is -1.14. The molecule has 100 valence electrons. The average molecular weight is 284 g/mol. The maximum Gasteiger partial charge on any atom is 0.358 e. The minimum Gasteiger partial charge on any atom is -0.476 e. The molecule has 0 spiro atoms. The molecule has 0 aliphatic carbocycles. The first-order valence-corrected chi connectivity index (χ1v) is 6.00. The second-order valence-corrected chi connectivity index (χ2v) is 4.37. The molecule has 1 N–H and O–H groups in total. The number of aromatic nitrogens is 3. The maximum absolute atomic E-state index is 13.6. The predicted octanol–water partition coefficient (Wildman–Crippen LogP) is 2.38. The van der Waals surface area contributed by atoms with Crippen molar-refractivity contribution in [3.05, 3.63) is 46.0 Å². The molecular weight excluding hydrogens is 273 g/mol. The van der Waals surface area contributed by atoms with Gasteiger partial charge in [0.2, 0.25) is 0 Å². The van der Waals surface area contributed by atoms with E-state index in [0.717, 1.165) is 0 Å². The lowest BCUT2D eigenvalue weighted by atomic mass is 10.2. The van der Waals surface area contributed by atoms with Crippen LogP contribution in [0.25, 0.3) is 0 Å². The van der Waals surface area contributed by atoms with E-state index < -0.39 is 11.8 Å². The van der Waals surface area contributed by atoms with Crippen LogP contribution in [0.4, 0.5) is 4.39 Å². The van der Waals surface area contributed by atoms with Crippen molar-refractivity contribution in [3.63, 3.8) is 0 Å². The number of rotatable bonds is 4. The summed E-state index contributed by atoms with van der Waals surface area (Å²) in [6, 6.07) is 4.20. The first-order chi connectivity index (χ1) is 9.02. The number of benzene rings is 1. The summed E-state index contributed by atoms with van der Waals surface area (Å²) in [6.45, 7) is 1.88. The van der Waals surface area contributed by atoms with Gasteiger partial charge in [-0.05, 0) is 24.6 Å². The van der Waals surface area contributed by atoms with Crippen LogP contribution in [0.5, 0.6) is 0 Å². The van der Waals surface area contributed by atoms with E-state index >= 15 is 0 Å². The van der Waals surface area contributed by atoms with E-state index in [-0.39, 0.29) is 12.2 Å². The summed E-state index contributed by atoms with van der Waals surface area (Å²) in [7, 11) is 0. The Kier molecular flexibility index (Phi) is 3.80. The van der Waals surface area contributed by atoms with Crippen LogP contribution in [0.3, 0.4) is 0 Å². The van der Waals surface area contributed by atoms with Crippen molar-refractivity contribution in [2.45, 2.75) is 19.9 Å². The summed E-state index contributed by atoms with van der Waals surface area (Å²) in [5.41, 5.74) is 0.681. The molecule has 0 unspecified atom stereocenters. The van der Waals surface area contributed by atoms with E-state index in [1.807, 2.05) is 0 Å². The fourth-order valence-corrected chi connectivity index (χ4v) is 2.00. The highest BCUT2D eigenvalue weighted by molar-refractivity contribution is 6.30. The van der Waals surface area contributed by atoms with Crippen LogP contribution in [0.1, 0.15) is 28.7 Å². The Morgan fingerprint density at radius 1 is 1.53 bits per heavy atom. The number of carboxylic acids is 1. The molecule has 0 fully saturated rings. The summed E-state index contributed by atoms with van der Waals surface area (Å²) in [5, 5.41) is 16.7. The highest BCUT2D eigenvalue weighted by Gasteiger charge is 2.18. The van der Waals surface area contributed by atoms with Gasteiger partial charge in [-0.2, -0.15) is 0 Å². The molecule has 1 aromatic carbocycles. The molecule has 2 aromatic rings. The molecule has 0 saturated heterocycles. The number of aromatic carboxylic acids is 1. The highest BCUT2D eigenvalue weighted by Crippen LogP contribution is 2.17. The second kappa shape index (κ2) is 5.36. The molecule has 0 aliphatic rings. The van der Waals surface area contributed by atoms with Gasteiger partial charge in [0.1, 0.15) is 5.82 Å². The third-order valence-electron chi connectivity index (χ3n) is 2.70. The summed E-state index contributed by atoms with van der Waals surface area (Å²) in [6.07, 6.45) is 0.441. The van der Waals surface area contributed by atoms with Crippen molar-refractivity contribution < 1.29 is 14.3 Å². The smallest absolute Gasteiger partial charge is 0.358 e. The van der Waals surface area contributed by atoms with Crippen LogP contribution in [-0.2, 0) is 13.0 Å². The molecule has 0 aliphatic heterocycles. The Labute approximate surface area is 113 Å². The van der Waals surface area contributed by atoms with E-state index in [4.69, 9.17) is 16.7 Å². The molecule has 0 atom stereocenters. The molecule has 1 aromatic heterocycles. The third-order valence-corrected chi connectivity index (χ3v) is 2.94. The molecule has 2 rings (SSSR count). The highest BCUT2D eigenvalue weighted by atomic mass is 35.5. The summed E-state index contributed by atoms with van der Waals surface area (Å²) < 4.78 is 15.0. The van der Waals surface area contributed by atoms with Crippen LogP contribution in [0.15, 0.2) is 18.2 Å². The Bertz CT molecular complexity index is 627. The molecule has 0 bridgehead atoms. The van der Waals surface area contributed by atoms with E-state index in [9.17, 15) is 9.18 Å². The number of carboxylic acid groups (broad SMARTS) is 1. The quantitative estimate of drug-likeness (QED) is 0.935. The van der Waals surface area contributed by atoms with Gasteiger partial charge in [-0.15, -0.1) is 5.10 Å². The number of hydrogen-bond donors (Lipinski definition) is 1. The standard InChI is InChI=1S/C12H11ClFN3O2/c1-2-10-11(12(18)19)15-16-17(10)6-7-5-8(13)3-4-9(7)14/h3-5H,2,6H2,1H3,(H,18,19). The van der Waals surface area contributed by atoms with E-state index in [1.165, 1.54) is 22.9 Å². The van der Waals surface area contributed by atoms with Gasteiger partial charge in [-0.3, -0.25) is 0 Å². The van der Waals surface area contributed by atoms with Gasteiger partial charge >= 0.3 is 5.97 Å². The topological polar surface area (TPSA) is 68.0 Å². The largest absolute Gasteiger partial charge is 0.476 e. The zero-order valence-corrected chi connectivity index (χ0v) is 10.9. The lowest BCUT2D eigenvalue weighted by Gasteiger charge is -2.07. The number of halogens is 2.